The van der Waals surface area contributed by atoms with Gasteiger partial charge in [-0.1, -0.05) is 0 Å². The van der Waals surface area contributed by atoms with E-state index in [0.717, 1.165) is 12.1 Å². The van der Waals surface area contributed by atoms with Crippen molar-refractivity contribution in [2.45, 2.75) is 31.3 Å². The molecule has 9 heteroatoms. The first-order valence-corrected chi connectivity index (χ1v) is 5.92. The standard InChI is InChI=1S/C11H17N5O2.2H2O/c12-8(4-7-5-14-6-15-7)11(18)16-3-1-2-9(16)10(13)17;;/h5-6,8-9H,1-4,12H2,(H2,13,17)(H,14,15);2*1H2/t8-,9-;;/m0../s1. The molecule has 114 valence electrons. The fraction of sp³-hybridized carbons (Fsp3) is 0.545. The van der Waals surface area contributed by atoms with Crippen molar-refractivity contribution in [2.24, 2.45) is 11.5 Å². The molecule has 1 aromatic rings. The molecule has 1 aromatic heterocycles. The number of imidazole rings is 1. The van der Waals surface area contributed by atoms with E-state index in [-0.39, 0.29) is 16.9 Å². The molecule has 9 N–H and O–H groups in total. The van der Waals surface area contributed by atoms with Crippen molar-refractivity contribution in [3.8, 4) is 0 Å². The lowest BCUT2D eigenvalue weighted by Gasteiger charge is -2.25. The Hall–Kier alpha value is -1.97. The minimum atomic E-state index is -0.676. The van der Waals surface area contributed by atoms with E-state index in [1.165, 1.54) is 11.2 Å². The first-order chi connectivity index (χ1) is 8.59. The Balaban J connectivity index is 0.00000180. The third-order valence-corrected chi connectivity index (χ3v) is 3.18. The van der Waals surface area contributed by atoms with Gasteiger partial charge in [0.25, 0.3) is 0 Å². The lowest BCUT2D eigenvalue weighted by Crippen LogP contribution is -2.50. The summed E-state index contributed by atoms with van der Waals surface area (Å²) in [5.74, 6) is -0.694. The number of aromatic amines is 1. The molecule has 9 nitrogen and oxygen atoms in total. The number of carbonyl (C=O) groups is 2. The number of hydrogen-bond donors (Lipinski definition) is 3. The number of nitrogens with two attached hydrogens (primary N) is 2. The van der Waals surface area contributed by atoms with E-state index in [0.29, 0.717) is 19.4 Å². The van der Waals surface area contributed by atoms with Crippen LogP contribution in [0.1, 0.15) is 18.5 Å². The zero-order valence-corrected chi connectivity index (χ0v) is 11.0. The van der Waals surface area contributed by atoms with Crippen LogP contribution in [0.4, 0.5) is 0 Å². The van der Waals surface area contributed by atoms with Crippen LogP contribution in [-0.2, 0) is 16.0 Å². The van der Waals surface area contributed by atoms with Crippen LogP contribution in [0.3, 0.4) is 0 Å². The summed E-state index contributed by atoms with van der Waals surface area (Å²) in [6.07, 6.45) is 4.95. The van der Waals surface area contributed by atoms with Crippen molar-refractivity contribution >= 4 is 11.8 Å². The molecule has 0 saturated carbocycles. The highest BCUT2D eigenvalue weighted by Gasteiger charge is 2.34. The maximum Gasteiger partial charge on any atom is 0.240 e. The molecule has 0 aromatic carbocycles. The molecular formula is C11H21N5O4. The second kappa shape index (κ2) is 7.58. The van der Waals surface area contributed by atoms with Gasteiger partial charge in [-0.25, -0.2) is 4.98 Å². The summed E-state index contributed by atoms with van der Waals surface area (Å²) in [7, 11) is 0. The summed E-state index contributed by atoms with van der Waals surface area (Å²) in [5.41, 5.74) is 11.9. The number of carbonyl (C=O) groups excluding carboxylic acids is 2. The summed E-state index contributed by atoms with van der Waals surface area (Å²) in [6, 6.07) is -1.18. The second-order valence-corrected chi connectivity index (χ2v) is 4.48. The smallest absolute Gasteiger partial charge is 0.240 e. The predicted molar refractivity (Wildman–Crippen MR) is 71.4 cm³/mol. The van der Waals surface area contributed by atoms with E-state index in [1.54, 1.807) is 6.20 Å². The molecule has 1 fully saturated rings. The highest BCUT2D eigenvalue weighted by Crippen LogP contribution is 2.18. The zero-order valence-electron chi connectivity index (χ0n) is 11.0. The Morgan fingerprint density at radius 3 is 2.75 bits per heavy atom. The molecule has 0 spiro atoms. The number of hydrogen-bond acceptors (Lipinski definition) is 4. The Labute approximate surface area is 115 Å². The van der Waals surface area contributed by atoms with Crippen LogP contribution < -0.4 is 11.5 Å². The third kappa shape index (κ3) is 3.76. The summed E-state index contributed by atoms with van der Waals surface area (Å²) in [4.78, 5) is 31.6. The zero-order chi connectivity index (χ0) is 13.1. The van der Waals surface area contributed by atoms with E-state index in [4.69, 9.17) is 11.5 Å². The third-order valence-electron chi connectivity index (χ3n) is 3.18. The van der Waals surface area contributed by atoms with Gasteiger partial charge in [0.15, 0.2) is 0 Å². The van der Waals surface area contributed by atoms with Gasteiger partial charge in [0, 0.05) is 24.9 Å². The van der Waals surface area contributed by atoms with Gasteiger partial charge in [-0.2, -0.15) is 0 Å². The van der Waals surface area contributed by atoms with E-state index in [9.17, 15) is 9.59 Å². The maximum absolute atomic E-state index is 12.1. The average Bonchev–Trinajstić information content (AvgIpc) is 2.97. The van der Waals surface area contributed by atoms with Crippen LogP contribution >= 0.6 is 0 Å². The average molecular weight is 287 g/mol. The van der Waals surface area contributed by atoms with Gasteiger partial charge in [0.2, 0.25) is 11.8 Å². The van der Waals surface area contributed by atoms with Gasteiger partial charge in [-0.15, -0.1) is 0 Å². The van der Waals surface area contributed by atoms with Crippen molar-refractivity contribution in [3.05, 3.63) is 18.2 Å². The molecule has 0 radical (unpaired) electrons. The van der Waals surface area contributed by atoms with Crippen molar-refractivity contribution < 1.29 is 20.5 Å². The summed E-state index contributed by atoms with van der Waals surface area (Å²) < 4.78 is 0. The SMILES string of the molecule is NC(=O)[C@@H]1CCCN1C(=O)[C@@H](N)Cc1cnc[nH]1.O.O. The Morgan fingerprint density at radius 2 is 2.20 bits per heavy atom. The molecule has 2 heterocycles. The fourth-order valence-corrected chi connectivity index (χ4v) is 2.26. The molecule has 1 saturated heterocycles. The van der Waals surface area contributed by atoms with Gasteiger partial charge in [-0.05, 0) is 12.8 Å². The normalized spacial score (nSPS) is 18.9. The molecule has 0 aliphatic carbocycles. The molecule has 0 bridgehead atoms. The minimum Gasteiger partial charge on any atom is -0.412 e. The largest absolute Gasteiger partial charge is 0.412 e. The van der Waals surface area contributed by atoms with Crippen molar-refractivity contribution in [1.82, 2.24) is 14.9 Å². The molecule has 2 rings (SSSR count). The highest BCUT2D eigenvalue weighted by molar-refractivity contribution is 5.89. The van der Waals surface area contributed by atoms with Gasteiger partial charge < -0.3 is 32.3 Å². The lowest BCUT2D eigenvalue weighted by atomic mass is 10.1. The number of nitrogens with one attached hydrogen (secondary N) is 1. The minimum absolute atomic E-state index is 0. The van der Waals surface area contributed by atoms with Crippen LogP contribution in [0, 0.1) is 0 Å². The Kier molecular flexibility index (Phi) is 6.83. The number of likely N-dealkylation sites (tertiary alicyclic amines) is 1. The summed E-state index contributed by atoms with van der Waals surface area (Å²) in [6.45, 7) is 0.545. The topological polar surface area (TPSA) is 181 Å². The van der Waals surface area contributed by atoms with Crippen LogP contribution in [0.5, 0.6) is 0 Å². The van der Waals surface area contributed by atoms with Crippen LogP contribution in [-0.4, -0.2) is 56.3 Å². The molecule has 1 aliphatic heterocycles. The van der Waals surface area contributed by atoms with Gasteiger partial charge in [0.1, 0.15) is 6.04 Å². The highest BCUT2D eigenvalue weighted by atomic mass is 16.2. The quantitative estimate of drug-likeness (QED) is 0.537. The van der Waals surface area contributed by atoms with Gasteiger partial charge in [-0.3, -0.25) is 9.59 Å². The number of nitrogens with zero attached hydrogens (tertiary/aromatic N) is 2. The van der Waals surface area contributed by atoms with Crippen LogP contribution in [0.25, 0.3) is 0 Å². The molecule has 2 atom stereocenters. The molecule has 2 amide bonds. The number of amides is 2. The first-order valence-electron chi connectivity index (χ1n) is 5.92. The maximum atomic E-state index is 12.1. The molecular weight excluding hydrogens is 266 g/mol. The van der Waals surface area contributed by atoms with Gasteiger partial charge in [0.05, 0.1) is 12.4 Å². The molecule has 0 unspecified atom stereocenters. The van der Waals surface area contributed by atoms with E-state index in [2.05, 4.69) is 9.97 Å². The van der Waals surface area contributed by atoms with Crippen molar-refractivity contribution in [3.63, 3.8) is 0 Å². The van der Waals surface area contributed by atoms with Gasteiger partial charge >= 0.3 is 0 Å². The summed E-state index contributed by atoms with van der Waals surface area (Å²) >= 11 is 0. The van der Waals surface area contributed by atoms with Crippen LogP contribution in [0.2, 0.25) is 0 Å². The van der Waals surface area contributed by atoms with E-state index < -0.39 is 18.0 Å². The number of aromatic nitrogens is 2. The number of rotatable bonds is 4. The Bertz CT molecular complexity index is 436. The molecule has 20 heavy (non-hydrogen) atoms. The summed E-state index contributed by atoms with van der Waals surface area (Å²) in [5, 5.41) is 0. The fourth-order valence-electron chi connectivity index (χ4n) is 2.26. The van der Waals surface area contributed by atoms with Crippen LogP contribution in [0.15, 0.2) is 12.5 Å². The predicted octanol–water partition coefficient (Wildman–Crippen LogP) is -2.89. The van der Waals surface area contributed by atoms with Crippen molar-refractivity contribution in [2.75, 3.05) is 6.54 Å². The monoisotopic (exact) mass is 287 g/mol. The number of primary amides is 1. The number of H-pyrrole nitrogens is 1. The lowest BCUT2D eigenvalue weighted by molar-refractivity contribution is -0.138. The first kappa shape index (κ1) is 18.0. The molecule has 1 aliphatic rings. The van der Waals surface area contributed by atoms with E-state index >= 15 is 0 Å². The van der Waals surface area contributed by atoms with Crippen molar-refractivity contribution in [1.29, 1.82) is 0 Å². The van der Waals surface area contributed by atoms with E-state index in [1.807, 2.05) is 0 Å². The second-order valence-electron chi connectivity index (χ2n) is 4.48. The Morgan fingerprint density at radius 1 is 1.50 bits per heavy atom.